The number of allylic oxidation sites excluding steroid dienone is 2. The molecule has 4 heteroatoms. The molecule has 0 aromatic rings. The van der Waals surface area contributed by atoms with Gasteiger partial charge in [-0.15, -0.1) is 0 Å². The number of Topliss-reactive ketones (excluding diaryl/α,β-unsaturated/α-hetero) is 1. The second-order valence-electron chi connectivity index (χ2n) is 9.59. The van der Waals surface area contributed by atoms with Gasteiger partial charge in [-0.2, -0.15) is 0 Å². The van der Waals surface area contributed by atoms with Crippen molar-refractivity contribution in [2.45, 2.75) is 71.5 Å². The van der Waals surface area contributed by atoms with E-state index in [4.69, 9.17) is 9.47 Å². The lowest BCUT2D eigenvalue weighted by atomic mass is 9.46. The molecule has 4 aliphatic rings. The standard InChI is InChI=1S/C22H30O4/c1-13-7-8-17-20(2,3)9-6-10-21(17,4)22(13)12-14-18(24)16(25-5)11-15(23)19(14)26-22/h7,11,14,17,19H,6,8-10,12H2,1-5H3/t14?,17-,19?,21-,22-/m1/s1. The SMILES string of the molecule is COC1=CC(=O)C2O[C@]3(CC2C1=O)C(C)=CC[C@@H]1C(C)(C)CCC[C@]13C. The van der Waals surface area contributed by atoms with Crippen LogP contribution in [0.5, 0.6) is 0 Å². The first-order valence-electron chi connectivity index (χ1n) is 9.85. The molecule has 0 aromatic heterocycles. The fourth-order valence-electron chi connectivity index (χ4n) is 6.59. The molecule has 26 heavy (non-hydrogen) atoms. The number of rotatable bonds is 1. The first-order chi connectivity index (χ1) is 12.2. The van der Waals surface area contributed by atoms with Gasteiger partial charge in [0.2, 0.25) is 5.78 Å². The predicted octanol–water partition coefficient (Wildman–Crippen LogP) is 4.00. The van der Waals surface area contributed by atoms with E-state index in [1.54, 1.807) is 0 Å². The summed E-state index contributed by atoms with van der Waals surface area (Å²) in [6.07, 6.45) is 8.08. The van der Waals surface area contributed by atoms with Gasteiger partial charge in [0.15, 0.2) is 11.5 Å². The summed E-state index contributed by atoms with van der Waals surface area (Å²) in [5.74, 6) is 0.0404. The van der Waals surface area contributed by atoms with E-state index in [2.05, 4.69) is 33.8 Å². The smallest absolute Gasteiger partial charge is 0.203 e. The van der Waals surface area contributed by atoms with Crippen molar-refractivity contribution in [3.8, 4) is 0 Å². The Labute approximate surface area is 156 Å². The molecule has 0 radical (unpaired) electrons. The van der Waals surface area contributed by atoms with Crippen molar-refractivity contribution in [2.24, 2.45) is 22.7 Å². The molecule has 2 unspecified atom stereocenters. The number of carbonyl (C=O) groups excluding carboxylic acids is 2. The minimum Gasteiger partial charge on any atom is -0.493 e. The first-order valence-corrected chi connectivity index (χ1v) is 9.85. The molecule has 2 fully saturated rings. The highest BCUT2D eigenvalue weighted by Crippen LogP contribution is 2.66. The molecule has 0 aromatic carbocycles. The lowest BCUT2D eigenvalue weighted by molar-refractivity contribution is -0.171. The van der Waals surface area contributed by atoms with Gasteiger partial charge in [-0.05, 0) is 49.5 Å². The van der Waals surface area contributed by atoms with Crippen LogP contribution in [0, 0.1) is 22.7 Å². The number of carbonyl (C=O) groups is 2. The second kappa shape index (κ2) is 5.54. The van der Waals surface area contributed by atoms with Gasteiger partial charge in [0.25, 0.3) is 0 Å². The van der Waals surface area contributed by atoms with E-state index in [0.717, 1.165) is 19.3 Å². The van der Waals surface area contributed by atoms with Crippen molar-refractivity contribution >= 4 is 11.6 Å². The highest BCUT2D eigenvalue weighted by atomic mass is 16.5. The van der Waals surface area contributed by atoms with Crippen molar-refractivity contribution in [3.63, 3.8) is 0 Å². The molecular formula is C22H30O4. The summed E-state index contributed by atoms with van der Waals surface area (Å²) in [5.41, 5.74) is 0.852. The highest BCUT2D eigenvalue weighted by Gasteiger charge is 2.66. The van der Waals surface area contributed by atoms with Crippen LogP contribution in [-0.2, 0) is 19.1 Å². The van der Waals surface area contributed by atoms with Gasteiger partial charge in [0.1, 0.15) is 6.10 Å². The molecular weight excluding hydrogens is 328 g/mol. The van der Waals surface area contributed by atoms with Gasteiger partial charge < -0.3 is 9.47 Å². The molecule has 4 nitrogen and oxygen atoms in total. The fraction of sp³-hybridized carbons (Fsp3) is 0.727. The van der Waals surface area contributed by atoms with E-state index in [1.807, 2.05) is 0 Å². The highest BCUT2D eigenvalue weighted by molar-refractivity contribution is 6.11. The fourth-order valence-corrected chi connectivity index (χ4v) is 6.59. The maximum absolute atomic E-state index is 12.9. The molecule has 4 rings (SSSR count). The van der Waals surface area contributed by atoms with Gasteiger partial charge in [-0.3, -0.25) is 9.59 Å². The molecule has 1 saturated heterocycles. The molecule has 0 amide bonds. The first kappa shape index (κ1) is 18.0. The number of ether oxygens (including phenoxy) is 2. The van der Waals surface area contributed by atoms with E-state index in [9.17, 15) is 9.59 Å². The monoisotopic (exact) mass is 358 g/mol. The largest absolute Gasteiger partial charge is 0.493 e. The van der Waals surface area contributed by atoms with Crippen molar-refractivity contribution in [3.05, 3.63) is 23.5 Å². The number of fused-ring (bicyclic) bond motifs is 3. The van der Waals surface area contributed by atoms with Gasteiger partial charge in [0.05, 0.1) is 18.6 Å². The molecule has 1 spiro atoms. The summed E-state index contributed by atoms with van der Waals surface area (Å²) in [6, 6.07) is 0. The average Bonchev–Trinajstić information content (AvgIpc) is 2.99. The third kappa shape index (κ3) is 2.11. The molecule has 5 atom stereocenters. The number of hydrogen-bond donors (Lipinski definition) is 0. The lowest BCUT2D eigenvalue weighted by Crippen LogP contribution is -2.59. The van der Waals surface area contributed by atoms with Gasteiger partial charge >= 0.3 is 0 Å². The van der Waals surface area contributed by atoms with E-state index in [-0.39, 0.29) is 28.2 Å². The van der Waals surface area contributed by atoms with Gasteiger partial charge in [-0.25, -0.2) is 0 Å². The molecule has 3 aliphatic carbocycles. The van der Waals surface area contributed by atoms with E-state index >= 15 is 0 Å². The summed E-state index contributed by atoms with van der Waals surface area (Å²) in [5, 5.41) is 0. The van der Waals surface area contributed by atoms with Gasteiger partial charge in [0, 0.05) is 11.5 Å². The quantitative estimate of drug-likeness (QED) is 0.665. The van der Waals surface area contributed by atoms with Crippen LogP contribution in [0.25, 0.3) is 0 Å². The summed E-state index contributed by atoms with van der Waals surface area (Å²) < 4.78 is 11.8. The molecule has 1 aliphatic heterocycles. The van der Waals surface area contributed by atoms with Crippen LogP contribution in [0.1, 0.15) is 59.8 Å². The second-order valence-corrected chi connectivity index (χ2v) is 9.59. The lowest BCUT2D eigenvalue weighted by Gasteiger charge is -2.61. The van der Waals surface area contributed by atoms with Crippen LogP contribution in [0.2, 0.25) is 0 Å². The normalized spacial score (nSPS) is 44.3. The van der Waals surface area contributed by atoms with Crippen LogP contribution in [0.4, 0.5) is 0 Å². The summed E-state index contributed by atoms with van der Waals surface area (Å²) >= 11 is 0. The van der Waals surface area contributed by atoms with E-state index < -0.39 is 17.6 Å². The average molecular weight is 358 g/mol. The van der Waals surface area contributed by atoms with Crippen LogP contribution in [0.15, 0.2) is 23.5 Å². The van der Waals surface area contributed by atoms with E-state index in [0.29, 0.717) is 12.3 Å². The maximum Gasteiger partial charge on any atom is 0.203 e. The topological polar surface area (TPSA) is 52.6 Å². The molecule has 1 saturated carbocycles. The van der Waals surface area contributed by atoms with Crippen molar-refractivity contribution in [1.82, 2.24) is 0 Å². The van der Waals surface area contributed by atoms with Crippen molar-refractivity contribution in [2.75, 3.05) is 7.11 Å². The zero-order chi connectivity index (χ0) is 18.9. The Balaban J connectivity index is 1.80. The zero-order valence-electron chi connectivity index (χ0n) is 16.6. The Hall–Kier alpha value is -1.42. The minimum atomic E-state index is -0.662. The van der Waals surface area contributed by atoms with Crippen LogP contribution in [-0.4, -0.2) is 30.4 Å². The molecule has 142 valence electrons. The summed E-state index contributed by atoms with van der Waals surface area (Å²) in [4.78, 5) is 25.5. The Morgan fingerprint density at radius 1 is 1.19 bits per heavy atom. The zero-order valence-corrected chi connectivity index (χ0v) is 16.6. The predicted molar refractivity (Wildman–Crippen MR) is 98.4 cm³/mol. The summed E-state index contributed by atoms with van der Waals surface area (Å²) in [6.45, 7) is 9.19. The summed E-state index contributed by atoms with van der Waals surface area (Å²) in [7, 11) is 1.45. The number of methoxy groups -OCH3 is 1. The molecule has 1 heterocycles. The molecule has 0 N–H and O–H groups in total. The van der Waals surface area contributed by atoms with Crippen LogP contribution in [0.3, 0.4) is 0 Å². The number of ketones is 2. The molecule has 0 bridgehead atoms. The Morgan fingerprint density at radius 3 is 2.62 bits per heavy atom. The Morgan fingerprint density at radius 2 is 1.92 bits per heavy atom. The van der Waals surface area contributed by atoms with Crippen molar-refractivity contribution < 1.29 is 19.1 Å². The number of hydrogen-bond acceptors (Lipinski definition) is 4. The third-order valence-corrected chi connectivity index (χ3v) is 8.00. The Kier molecular flexibility index (Phi) is 3.83. The Bertz CT molecular complexity index is 730. The van der Waals surface area contributed by atoms with Gasteiger partial charge in [-0.1, -0.05) is 33.3 Å². The minimum absolute atomic E-state index is 0.0568. The third-order valence-electron chi connectivity index (χ3n) is 8.00. The van der Waals surface area contributed by atoms with Crippen LogP contribution < -0.4 is 0 Å². The van der Waals surface area contributed by atoms with Crippen LogP contribution >= 0.6 is 0 Å². The van der Waals surface area contributed by atoms with E-state index in [1.165, 1.54) is 25.2 Å². The maximum atomic E-state index is 12.9. The van der Waals surface area contributed by atoms with Crippen molar-refractivity contribution in [1.29, 1.82) is 0 Å².